The zero-order chi connectivity index (χ0) is 14.8. The van der Waals surface area contributed by atoms with Gasteiger partial charge in [0.25, 0.3) is 0 Å². The molecule has 20 heavy (non-hydrogen) atoms. The first-order valence-electron chi connectivity index (χ1n) is 6.85. The van der Waals surface area contributed by atoms with Gasteiger partial charge in [0.15, 0.2) is 0 Å². The number of hydrogen-bond acceptors (Lipinski definition) is 2. The average Bonchev–Trinajstić information content (AvgIpc) is 2.71. The van der Waals surface area contributed by atoms with Crippen LogP contribution in [0.2, 0.25) is 0 Å². The van der Waals surface area contributed by atoms with Crippen molar-refractivity contribution in [1.82, 2.24) is 10.2 Å². The highest BCUT2D eigenvalue weighted by molar-refractivity contribution is 5.24. The van der Waals surface area contributed by atoms with Gasteiger partial charge in [0, 0.05) is 19.6 Å². The van der Waals surface area contributed by atoms with Crippen molar-refractivity contribution in [3.8, 4) is 0 Å². The van der Waals surface area contributed by atoms with Crippen molar-refractivity contribution in [3.63, 3.8) is 0 Å². The maximum absolute atomic E-state index is 12.5. The number of nitrogens with zero attached hydrogens (tertiary/aromatic N) is 1. The smallest absolute Gasteiger partial charge is 0.319 e. The van der Waals surface area contributed by atoms with E-state index in [1.165, 1.54) is 0 Å². The van der Waals surface area contributed by atoms with Crippen LogP contribution in [0.5, 0.6) is 0 Å². The van der Waals surface area contributed by atoms with E-state index in [9.17, 15) is 13.2 Å². The minimum absolute atomic E-state index is 0.265. The second-order valence-corrected chi connectivity index (χ2v) is 6.00. The molecule has 0 spiro atoms. The Labute approximate surface area is 118 Å². The molecule has 0 saturated carbocycles. The zero-order valence-corrected chi connectivity index (χ0v) is 11.9. The normalized spacial score (nSPS) is 24.2. The van der Waals surface area contributed by atoms with E-state index < -0.39 is 11.7 Å². The second kappa shape index (κ2) is 5.74. The standard InChI is InChI=1S/C15H21F3N2/c1-14(10-19-2)7-8-20(11-14)9-12-3-5-13(6-4-12)15(16,17)18/h3-6,19H,7-11H2,1-2H3. The van der Waals surface area contributed by atoms with Crippen molar-refractivity contribution in [3.05, 3.63) is 35.4 Å². The largest absolute Gasteiger partial charge is 0.416 e. The molecule has 1 aromatic rings. The van der Waals surface area contributed by atoms with Gasteiger partial charge in [-0.05, 0) is 43.1 Å². The molecule has 0 radical (unpaired) electrons. The molecular formula is C15H21F3N2. The molecule has 0 aliphatic carbocycles. The van der Waals surface area contributed by atoms with Gasteiger partial charge >= 0.3 is 6.18 Å². The van der Waals surface area contributed by atoms with E-state index in [0.717, 1.165) is 50.3 Å². The van der Waals surface area contributed by atoms with Crippen LogP contribution >= 0.6 is 0 Å². The highest BCUT2D eigenvalue weighted by atomic mass is 19.4. The third-order valence-electron chi connectivity index (χ3n) is 3.93. The number of nitrogens with one attached hydrogen (secondary N) is 1. The fourth-order valence-corrected chi connectivity index (χ4v) is 2.89. The first-order valence-corrected chi connectivity index (χ1v) is 6.85. The molecule has 5 heteroatoms. The lowest BCUT2D eigenvalue weighted by Gasteiger charge is -2.24. The Morgan fingerprint density at radius 3 is 2.45 bits per heavy atom. The second-order valence-electron chi connectivity index (χ2n) is 6.00. The van der Waals surface area contributed by atoms with Gasteiger partial charge in [0.05, 0.1) is 5.56 Å². The molecule has 1 heterocycles. The summed E-state index contributed by atoms with van der Waals surface area (Å²) in [5.41, 5.74) is 0.620. The highest BCUT2D eigenvalue weighted by Gasteiger charge is 2.33. The van der Waals surface area contributed by atoms with Crippen molar-refractivity contribution in [2.45, 2.75) is 26.1 Å². The molecule has 0 bridgehead atoms. The molecular weight excluding hydrogens is 265 g/mol. The molecule has 1 saturated heterocycles. The summed E-state index contributed by atoms with van der Waals surface area (Å²) in [5.74, 6) is 0. The molecule has 0 aromatic heterocycles. The summed E-state index contributed by atoms with van der Waals surface area (Å²) < 4.78 is 37.5. The first kappa shape index (κ1) is 15.3. The maximum atomic E-state index is 12.5. The zero-order valence-electron chi connectivity index (χ0n) is 11.9. The Balaban J connectivity index is 1.95. The van der Waals surface area contributed by atoms with Gasteiger partial charge in [0.2, 0.25) is 0 Å². The fourth-order valence-electron chi connectivity index (χ4n) is 2.89. The molecule has 112 valence electrons. The summed E-state index contributed by atoms with van der Waals surface area (Å²) >= 11 is 0. The van der Waals surface area contributed by atoms with Crippen molar-refractivity contribution in [1.29, 1.82) is 0 Å². The Bertz CT molecular complexity index is 441. The van der Waals surface area contributed by atoms with Gasteiger partial charge < -0.3 is 5.32 Å². The van der Waals surface area contributed by atoms with E-state index >= 15 is 0 Å². The predicted octanol–water partition coefficient (Wildman–Crippen LogP) is 3.14. The van der Waals surface area contributed by atoms with E-state index in [4.69, 9.17) is 0 Å². The van der Waals surface area contributed by atoms with Gasteiger partial charge in [0.1, 0.15) is 0 Å². The van der Waals surface area contributed by atoms with Crippen molar-refractivity contribution in [2.24, 2.45) is 5.41 Å². The summed E-state index contributed by atoms with van der Waals surface area (Å²) in [6.45, 7) is 5.91. The first-order chi connectivity index (χ1) is 9.32. The van der Waals surface area contributed by atoms with Crippen LogP contribution in [0.4, 0.5) is 13.2 Å². The third-order valence-corrected chi connectivity index (χ3v) is 3.93. The predicted molar refractivity (Wildman–Crippen MR) is 73.4 cm³/mol. The molecule has 2 rings (SSSR count). The quantitative estimate of drug-likeness (QED) is 0.915. The minimum atomic E-state index is -4.25. The number of hydrogen-bond donors (Lipinski definition) is 1. The molecule has 1 aliphatic rings. The Kier molecular flexibility index (Phi) is 4.39. The molecule has 1 unspecified atom stereocenters. The SMILES string of the molecule is CNCC1(C)CCN(Cc2ccc(C(F)(F)F)cc2)C1. The molecule has 0 amide bonds. The van der Waals surface area contributed by atoms with Crippen molar-refractivity contribution in [2.75, 3.05) is 26.7 Å². The van der Waals surface area contributed by atoms with Crippen LogP contribution in [0.3, 0.4) is 0 Å². The summed E-state index contributed by atoms with van der Waals surface area (Å²) in [7, 11) is 1.95. The fraction of sp³-hybridized carbons (Fsp3) is 0.600. The lowest BCUT2D eigenvalue weighted by molar-refractivity contribution is -0.137. The number of alkyl halides is 3. The topological polar surface area (TPSA) is 15.3 Å². The number of benzene rings is 1. The molecule has 1 N–H and O–H groups in total. The van der Waals surface area contributed by atoms with Gasteiger partial charge in [-0.25, -0.2) is 0 Å². The highest BCUT2D eigenvalue weighted by Crippen LogP contribution is 2.31. The van der Waals surface area contributed by atoms with Crippen LogP contribution in [0.25, 0.3) is 0 Å². The van der Waals surface area contributed by atoms with Crippen LogP contribution < -0.4 is 5.32 Å². The average molecular weight is 286 g/mol. The van der Waals surface area contributed by atoms with E-state index in [2.05, 4.69) is 17.1 Å². The molecule has 1 fully saturated rings. The number of halogens is 3. The molecule has 1 aliphatic heterocycles. The molecule has 2 nitrogen and oxygen atoms in total. The Morgan fingerprint density at radius 1 is 1.25 bits per heavy atom. The van der Waals surface area contributed by atoms with Gasteiger partial charge in [-0.15, -0.1) is 0 Å². The number of likely N-dealkylation sites (tertiary alicyclic amines) is 1. The van der Waals surface area contributed by atoms with Crippen molar-refractivity contribution >= 4 is 0 Å². The van der Waals surface area contributed by atoms with Crippen LogP contribution in [0, 0.1) is 5.41 Å². The third kappa shape index (κ3) is 3.73. The van der Waals surface area contributed by atoms with E-state index in [-0.39, 0.29) is 5.41 Å². The van der Waals surface area contributed by atoms with Crippen molar-refractivity contribution < 1.29 is 13.2 Å². The van der Waals surface area contributed by atoms with Crippen LogP contribution in [-0.4, -0.2) is 31.6 Å². The van der Waals surface area contributed by atoms with Gasteiger partial charge in [-0.1, -0.05) is 19.1 Å². The summed E-state index contributed by atoms with van der Waals surface area (Å²) in [6.07, 6.45) is -3.13. The Morgan fingerprint density at radius 2 is 1.90 bits per heavy atom. The van der Waals surface area contributed by atoms with E-state index in [1.54, 1.807) is 12.1 Å². The summed E-state index contributed by atoms with van der Waals surface area (Å²) in [5, 5.41) is 3.21. The molecule has 1 atom stereocenters. The maximum Gasteiger partial charge on any atom is 0.416 e. The number of rotatable bonds is 4. The van der Waals surface area contributed by atoms with E-state index in [0.29, 0.717) is 0 Å². The van der Waals surface area contributed by atoms with Crippen LogP contribution in [-0.2, 0) is 12.7 Å². The van der Waals surface area contributed by atoms with Crippen LogP contribution in [0.15, 0.2) is 24.3 Å². The lowest BCUT2D eigenvalue weighted by atomic mass is 9.90. The monoisotopic (exact) mass is 286 g/mol. The van der Waals surface area contributed by atoms with Gasteiger partial charge in [-0.2, -0.15) is 13.2 Å². The lowest BCUT2D eigenvalue weighted by Crippen LogP contribution is -2.32. The van der Waals surface area contributed by atoms with Crippen LogP contribution in [0.1, 0.15) is 24.5 Å². The summed E-state index contributed by atoms with van der Waals surface area (Å²) in [4.78, 5) is 2.31. The molecule has 1 aromatic carbocycles. The summed E-state index contributed by atoms with van der Waals surface area (Å²) in [6, 6.07) is 5.49. The van der Waals surface area contributed by atoms with E-state index in [1.807, 2.05) is 7.05 Å². The Hall–Kier alpha value is -1.07. The minimum Gasteiger partial charge on any atom is -0.319 e. The van der Waals surface area contributed by atoms with Gasteiger partial charge in [-0.3, -0.25) is 4.90 Å².